The minimum absolute atomic E-state index is 0.0594. The van der Waals surface area contributed by atoms with Crippen LogP contribution in [0.2, 0.25) is 0 Å². The Labute approximate surface area is 207 Å². The van der Waals surface area contributed by atoms with E-state index in [9.17, 15) is 9.59 Å². The number of hydrogen-bond acceptors (Lipinski definition) is 7. The summed E-state index contributed by atoms with van der Waals surface area (Å²) in [6.45, 7) is 0.463. The average molecular weight is 489 g/mol. The molecule has 0 atom stereocenters. The summed E-state index contributed by atoms with van der Waals surface area (Å²) in [5.74, 6) is 0.699. The Morgan fingerprint density at radius 2 is 1.69 bits per heavy atom. The SMILES string of the molecule is COc1ccc(CCNC(=O)c2ccccc2NC(=O)CSc2nnc(-c3ccccc3)o2)cc1. The number of aromatic nitrogens is 2. The fourth-order valence-electron chi connectivity index (χ4n) is 3.28. The maximum absolute atomic E-state index is 12.7. The summed E-state index contributed by atoms with van der Waals surface area (Å²) in [6, 6.07) is 24.0. The molecular formula is C26H24N4O4S. The van der Waals surface area contributed by atoms with Gasteiger partial charge in [-0.15, -0.1) is 10.2 Å². The van der Waals surface area contributed by atoms with Crippen LogP contribution in [-0.2, 0) is 11.2 Å². The van der Waals surface area contributed by atoms with Gasteiger partial charge in [-0.1, -0.05) is 54.2 Å². The lowest BCUT2D eigenvalue weighted by Gasteiger charge is -2.11. The first-order valence-corrected chi connectivity index (χ1v) is 11.9. The Morgan fingerprint density at radius 3 is 2.46 bits per heavy atom. The number of para-hydroxylation sites is 1. The lowest BCUT2D eigenvalue weighted by atomic mass is 10.1. The van der Waals surface area contributed by atoms with Gasteiger partial charge < -0.3 is 19.8 Å². The summed E-state index contributed by atoms with van der Waals surface area (Å²) in [6.07, 6.45) is 0.677. The fraction of sp³-hybridized carbons (Fsp3) is 0.154. The molecule has 1 heterocycles. The number of carbonyl (C=O) groups excluding carboxylic acids is 2. The third kappa shape index (κ3) is 6.70. The molecule has 0 radical (unpaired) electrons. The zero-order chi connectivity index (χ0) is 24.5. The van der Waals surface area contributed by atoms with Crippen LogP contribution in [0, 0.1) is 0 Å². The van der Waals surface area contributed by atoms with E-state index in [0.717, 1.165) is 28.6 Å². The normalized spacial score (nSPS) is 10.5. The van der Waals surface area contributed by atoms with Gasteiger partial charge in [-0.05, 0) is 48.4 Å². The molecule has 1 aromatic heterocycles. The number of nitrogens with one attached hydrogen (secondary N) is 2. The number of anilines is 1. The number of amides is 2. The summed E-state index contributed by atoms with van der Waals surface area (Å²) in [5, 5.41) is 14.0. The average Bonchev–Trinajstić information content (AvgIpc) is 3.38. The Kier molecular flexibility index (Phi) is 8.13. The highest BCUT2D eigenvalue weighted by molar-refractivity contribution is 7.99. The zero-order valence-corrected chi connectivity index (χ0v) is 19.9. The summed E-state index contributed by atoms with van der Waals surface area (Å²) in [4.78, 5) is 25.3. The van der Waals surface area contributed by atoms with E-state index in [1.165, 1.54) is 0 Å². The molecule has 0 aliphatic heterocycles. The molecule has 4 aromatic rings. The van der Waals surface area contributed by atoms with E-state index in [4.69, 9.17) is 9.15 Å². The van der Waals surface area contributed by atoms with E-state index in [2.05, 4.69) is 20.8 Å². The van der Waals surface area contributed by atoms with Crippen LogP contribution < -0.4 is 15.4 Å². The second kappa shape index (κ2) is 11.8. The van der Waals surface area contributed by atoms with E-state index in [-0.39, 0.29) is 17.6 Å². The van der Waals surface area contributed by atoms with Crippen molar-refractivity contribution in [3.8, 4) is 17.2 Å². The maximum atomic E-state index is 12.7. The number of nitrogens with zero attached hydrogens (tertiary/aromatic N) is 2. The second-order valence-corrected chi connectivity index (χ2v) is 8.40. The molecule has 0 unspecified atom stereocenters. The van der Waals surface area contributed by atoms with Gasteiger partial charge in [0.25, 0.3) is 11.1 Å². The van der Waals surface area contributed by atoms with Gasteiger partial charge in [0, 0.05) is 12.1 Å². The van der Waals surface area contributed by atoms with Gasteiger partial charge in [0.2, 0.25) is 11.8 Å². The minimum Gasteiger partial charge on any atom is -0.497 e. The van der Waals surface area contributed by atoms with Gasteiger partial charge in [-0.2, -0.15) is 0 Å². The van der Waals surface area contributed by atoms with Gasteiger partial charge in [0.15, 0.2) is 0 Å². The number of hydrogen-bond donors (Lipinski definition) is 2. The van der Waals surface area contributed by atoms with Crippen molar-refractivity contribution in [1.82, 2.24) is 15.5 Å². The van der Waals surface area contributed by atoms with E-state index in [1.54, 1.807) is 31.4 Å². The van der Waals surface area contributed by atoms with Crippen LogP contribution in [0.1, 0.15) is 15.9 Å². The van der Waals surface area contributed by atoms with Crippen LogP contribution in [0.25, 0.3) is 11.5 Å². The zero-order valence-electron chi connectivity index (χ0n) is 19.1. The number of methoxy groups -OCH3 is 1. The molecule has 2 amide bonds. The van der Waals surface area contributed by atoms with Gasteiger partial charge in [-0.3, -0.25) is 9.59 Å². The number of thioether (sulfide) groups is 1. The van der Waals surface area contributed by atoms with Crippen molar-refractivity contribution in [2.24, 2.45) is 0 Å². The molecule has 3 aromatic carbocycles. The molecule has 8 nitrogen and oxygen atoms in total. The monoisotopic (exact) mass is 488 g/mol. The first-order chi connectivity index (χ1) is 17.1. The molecule has 9 heteroatoms. The number of benzene rings is 3. The van der Waals surface area contributed by atoms with E-state index in [1.807, 2.05) is 54.6 Å². The van der Waals surface area contributed by atoms with Gasteiger partial charge in [0.1, 0.15) is 5.75 Å². The van der Waals surface area contributed by atoms with Crippen LogP contribution in [0.3, 0.4) is 0 Å². The van der Waals surface area contributed by atoms with Crippen molar-refractivity contribution in [1.29, 1.82) is 0 Å². The second-order valence-electron chi connectivity index (χ2n) is 7.48. The van der Waals surface area contributed by atoms with Crippen LogP contribution in [0.15, 0.2) is 88.5 Å². The Morgan fingerprint density at radius 1 is 0.943 bits per heavy atom. The van der Waals surface area contributed by atoms with Crippen molar-refractivity contribution in [2.45, 2.75) is 11.6 Å². The third-order valence-corrected chi connectivity index (χ3v) is 5.88. The van der Waals surface area contributed by atoms with Crippen LogP contribution in [0.4, 0.5) is 5.69 Å². The molecule has 0 saturated carbocycles. The molecule has 35 heavy (non-hydrogen) atoms. The van der Waals surface area contributed by atoms with E-state index >= 15 is 0 Å². The highest BCUT2D eigenvalue weighted by Gasteiger charge is 2.15. The van der Waals surface area contributed by atoms with Gasteiger partial charge in [-0.25, -0.2) is 0 Å². The number of rotatable bonds is 10. The number of ether oxygens (including phenoxy) is 1. The molecular weight excluding hydrogens is 464 g/mol. The van der Waals surface area contributed by atoms with Crippen molar-refractivity contribution < 1.29 is 18.7 Å². The molecule has 0 spiro atoms. The van der Waals surface area contributed by atoms with E-state index < -0.39 is 0 Å². The highest BCUT2D eigenvalue weighted by atomic mass is 32.2. The molecule has 0 saturated heterocycles. The van der Waals surface area contributed by atoms with Crippen molar-refractivity contribution in [3.05, 3.63) is 90.0 Å². The lowest BCUT2D eigenvalue weighted by molar-refractivity contribution is -0.113. The Hall–Kier alpha value is -4.11. The fourth-order valence-corrected chi connectivity index (χ4v) is 3.84. The smallest absolute Gasteiger partial charge is 0.277 e. The lowest BCUT2D eigenvalue weighted by Crippen LogP contribution is -2.27. The minimum atomic E-state index is -0.284. The molecule has 0 fully saturated rings. The maximum Gasteiger partial charge on any atom is 0.277 e. The van der Waals surface area contributed by atoms with Crippen molar-refractivity contribution in [3.63, 3.8) is 0 Å². The largest absolute Gasteiger partial charge is 0.497 e. The molecule has 2 N–H and O–H groups in total. The number of carbonyl (C=O) groups is 2. The Balaban J connectivity index is 1.29. The first-order valence-electron chi connectivity index (χ1n) is 10.9. The first kappa shape index (κ1) is 24.0. The molecule has 0 bridgehead atoms. The standard InChI is InChI=1S/C26H24N4O4S/c1-33-20-13-11-18(12-14-20)15-16-27-24(32)21-9-5-6-10-22(21)28-23(31)17-35-26-30-29-25(34-26)19-7-3-2-4-8-19/h2-14H,15-17H2,1H3,(H,27,32)(H,28,31). The van der Waals surface area contributed by atoms with Gasteiger partial charge >= 0.3 is 0 Å². The summed E-state index contributed by atoms with van der Waals surface area (Å²) >= 11 is 1.13. The molecule has 0 aliphatic rings. The summed E-state index contributed by atoms with van der Waals surface area (Å²) < 4.78 is 10.8. The third-order valence-electron chi connectivity index (χ3n) is 5.06. The van der Waals surface area contributed by atoms with Crippen LogP contribution in [-0.4, -0.2) is 41.4 Å². The highest BCUT2D eigenvalue weighted by Crippen LogP contribution is 2.23. The predicted octanol–water partition coefficient (Wildman–Crippen LogP) is 4.45. The van der Waals surface area contributed by atoms with Crippen LogP contribution in [0.5, 0.6) is 5.75 Å². The predicted molar refractivity (Wildman–Crippen MR) is 135 cm³/mol. The topological polar surface area (TPSA) is 106 Å². The van der Waals surface area contributed by atoms with Crippen LogP contribution >= 0.6 is 11.8 Å². The van der Waals surface area contributed by atoms with E-state index in [0.29, 0.717) is 35.3 Å². The quantitative estimate of drug-likeness (QED) is 0.318. The van der Waals surface area contributed by atoms with Gasteiger partial charge in [0.05, 0.1) is 24.1 Å². The summed E-state index contributed by atoms with van der Waals surface area (Å²) in [7, 11) is 1.62. The van der Waals surface area contributed by atoms with Crippen molar-refractivity contribution in [2.75, 3.05) is 24.7 Å². The molecule has 4 rings (SSSR count). The molecule has 0 aliphatic carbocycles. The summed E-state index contributed by atoms with van der Waals surface area (Å²) in [5.41, 5.74) is 2.73. The molecule has 178 valence electrons. The van der Waals surface area contributed by atoms with Crippen molar-refractivity contribution >= 4 is 29.3 Å². The Bertz CT molecular complexity index is 1280.